The normalized spacial score (nSPS) is 13.1. The minimum Gasteiger partial charge on any atom is -0.459 e. The van der Waals surface area contributed by atoms with Crippen LogP contribution in [-0.2, 0) is 12.8 Å². The van der Waals surface area contributed by atoms with Crippen LogP contribution in [0.1, 0.15) is 27.2 Å². The number of amides is 1. The van der Waals surface area contributed by atoms with Gasteiger partial charge in [-0.15, -0.1) is 0 Å². The van der Waals surface area contributed by atoms with Crippen molar-refractivity contribution in [2.45, 2.75) is 12.8 Å². The van der Waals surface area contributed by atoms with E-state index in [1.165, 1.54) is 28.2 Å². The van der Waals surface area contributed by atoms with Gasteiger partial charge in [0.05, 0.1) is 12.5 Å². The van der Waals surface area contributed by atoms with E-state index in [2.05, 4.69) is 40.9 Å². The van der Waals surface area contributed by atoms with Crippen molar-refractivity contribution in [2.75, 3.05) is 0 Å². The third-order valence-corrected chi connectivity index (χ3v) is 4.03. The molecule has 1 heterocycles. The maximum atomic E-state index is 11.8. The Bertz CT molecular complexity index is 869. The number of aryl methyl sites for hydroxylation is 2. The van der Waals surface area contributed by atoms with Crippen molar-refractivity contribution < 1.29 is 9.21 Å². The number of benzene rings is 2. The van der Waals surface area contributed by atoms with E-state index in [0.29, 0.717) is 0 Å². The molecule has 0 fully saturated rings. The Kier molecular flexibility index (Phi) is 3.00. The molecule has 4 nitrogen and oxygen atoms in total. The number of hydrogen-bond donors (Lipinski definition) is 1. The van der Waals surface area contributed by atoms with Crippen LogP contribution in [0.2, 0.25) is 0 Å². The number of carbonyl (C=O) groups is 1. The minimum absolute atomic E-state index is 0.248. The molecule has 0 spiro atoms. The van der Waals surface area contributed by atoms with Crippen LogP contribution in [0.3, 0.4) is 0 Å². The molecule has 0 unspecified atom stereocenters. The van der Waals surface area contributed by atoms with Crippen LogP contribution in [0.5, 0.6) is 0 Å². The van der Waals surface area contributed by atoms with Crippen molar-refractivity contribution >= 4 is 22.9 Å². The zero-order valence-electron chi connectivity index (χ0n) is 11.9. The van der Waals surface area contributed by atoms with E-state index in [-0.39, 0.29) is 11.7 Å². The summed E-state index contributed by atoms with van der Waals surface area (Å²) in [7, 11) is 0. The highest BCUT2D eigenvalue weighted by atomic mass is 16.3. The van der Waals surface area contributed by atoms with E-state index >= 15 is 0 Å². The summed E-state index contributed by atoms with van der Waals surface area (Å²) in [6.45, 7) is 0. The van der Waals surface area contributed by atoms with E-state index in [1.54, 1.807) is 18.3 Å². The number of nitrogens with one attached hydrogen (secondary N) is 1. The Morgan fingerprint density at radius 3 is 2.77 bits per heavy atom. The van der Waals surface area contributed by atoms with Crippen molar-refractivity contribution in [1.29, 1.82) is 0 Å². The largest absolute Gasteiger partial charge is 0.459 e. The van der Waals surface area contributed by atoms with Gasteiger partial charge in [-0.2, -0.15) is 5.10 Å². The van der Waals surface area contributed by atoms with Crippen LogP contribution in [0.25, 0.3) is 10.8 Å². The molecule has 0 aliphatic heterocycles. The van der Waals surface area contributed by atoms with E-state index < -0.39 is 0 Å². The van der Waals surface area contributed by atoms with Gasteiger partial charge in [-0.1, -0.05) is 30.3 Å². The zero-order valence-corrected chi connectivity index (χ0v) is 11.9. The third kappa shape index (κ3) is 2.09. The highest BCUT2D eigenvalue weighted by Gasteiger charge is 2.15. The smallest absolute Gasteiger partial charge is 0.307 e. The van der Waals surface area contributed by atoms with Gasteiger partial charge in [0.2, 0.25) is 0 Å². The molecular formula is C18H14N2O2. The van der Waals surface area contributed by atoms with Crippen LogP contribution in [0.4, 0.5) is 0 Å². The number of nitrogens with zero attached hydrogens (tertiary/aromatic N) is 1. The van der Waals surface area contributed by atoms with Gasteiger partial charge < -0.3 is 4.42 Å². The van der Waals surface area contributed by atoms with Gasteiger partial charge in [0.15, 0.2) is 5.76 Å². The molecule has 1 aliphatic rings. The van der Waals surface area contributed by atoms with Gasteiger partial charge in [0.1, 0.15) is 0 Å². The van der Waals surface area contributed by atoms with Crippen molar-refractivity contribution in [2.24, 2.45) is 5.10 Å². The number of hydrogen-bond acceptors (Lipinski definition) is 3. The SMILES string of the molecule is O=C(N/N=C\c1ccc2c3c(cccc13)CC2)c1ccco1. The second-order valence-corrected chi connectivity index (χ2v) is 5.33. The van der Waals surface area contributed by atoms with Crippen LogP contribution in [0, 0.1) is 0 Å². The molecule has 0 saturated carbocycles. The van der Waals surface area contributed by atoms with Crippen molar-refractivity contribution in [3.8, 4) is 0 Å². The number of hydrazone groups is 1. The molecular weight excluding hydrogens is 276 g/mol. The summed E-state index contributed by atoms with van der Waals surface area (Å²) in [4.78, 5) is 11.8. The fourth-order valence-electron chi connectivity index (χ4n) is 3.01. The first-order valence-electron chi connectivity index (χ1n) is 7.23. The molecule has 0 bridgehead atoms. The van der Waals surface area contributed by atoms with Gasteiger partial charge in [-0.25, -0.2) is 5.43 Å². The highest BCUT2D eigenvalue weighted by molar-refractivity contribution is 6.03. The predicted molar refractivity (Wildman–Crippen MR) is 85.1 cm³/mol. The molecule has 3 aromatic rings. The van der Waals surface area contributed by atoms with Gasteiger partial charge in [0, 0.05) is 5.56 Å². The first-order valence-corrected chi connectivity index (χ1v) is 7.23. The summed E-state index contributed by atoms with van der Waals surface area (Å²) in [6.07, 6.45) is 5.34. The molecule has 1 N–H and O–H groups in total. The number of furan rings is 1. The first-order chi connectivity index (χ1) is 10.8. The maximum absolute atomic E-state index is 11.8. The molecule has 1 aromatic heterocycles. The monoisotopic (exact) mass is 290 g/mol. The molecule has 22 heavy (non-hydrogen) atoms. The fourth-order valence-corrected chi connectivity index (χ4v) is 3.01. The Morgan fingerprint density at radius 2 is 1.95 bits per heavy atom. The summed E-state index contributed by atoms with van der Waals surface area (Å²) in [5.41, 5.74) is 6.26. The molecule has 0 radical (unpaired) electrons. The van der Waals surface area contributed by atoms with Crippen molar-refractivity contribution in [3.63, 3.8) is 0 Å². The summed E-state index contributed by atoms with van der Waals surface area (Å²) in [6, 6.07) is 13.8. The third-order valence-electron chi connectivity index (χ3n) is 4.03. The highest BCUT2D eigenvalue weighted by Crippen LogP contribution is 2.32. The van der Waals surface area contributed by atoms with Crippen LogP contribution in [0.15, 0.2) is 58.2 Å². The second-order valence-electron chi connectivity index (χ2n) is 5.33. The lowest BCUT2D eigenvalue weighted by Gasteiger charge is -2.05. The second kappa shape index (κ2) is 5.15. The number of rotatable bonds is 3. The fraction of sp³-hybridized carbons (Fsp3) is 0.111. The topological polar surface area (TPSA) is 54.6 Å². The molecule has 1 amide bonds. The predicted octanol–water partition coefficient (Wildman–Crippen LogP) is 3.30. The molecule has 108 valence electrons. The molecule has 0 atom stereocenters. The average Bonchev–Trinajstić information content (AvgIpc) is 3.20. The van der Waals surface area contributed by atoms with Crippen LogP contribution >= 0.6 is 0 Å². The lowest BCUT2D eigenvalue weighted by atomic mass is 10.0. The molecule has 4 heteroatoms. The van der Waals surface area contributed by atoms with Gasteiger partial charge in [-0.05, 0) is 46.9 Å². The van der Waals surface area contributed by atoms with E-state index in [0.717, 1.165) is 18.4 Å². The molecule has 1 aliphatic carbocycles. The lowest BCUT2D eigenvalue weighted by Crippen LogP contribution is -2.16. The Hall–Kier alpha value is -2.88. The summed E-state index contributed by atoms with van der Waals surface area (Å²) < 4.78 is 5.02. The summed E-state index contributed by atoms with van der Waals surface area (Å²) in [5.74, 6) is -0.107. The standard InChI is InChI=1S/C18H14N2O2/c21-18(16-5-2-10-22-16)20-19-11-14-9-8-13-7-6-12-3-1-4-15(14)17(12)13/h1-5,8-11H,6-7H2,(H,20,21)/b19-11-. The van der Waals surface area contributed by atoms with Gasteiger partial charge in [0.25, 0.3) is 0 Å². The molecule has 0 saturated heterocycles. The van der Waals surface area contributed by atoms with E-state index in [9.17, 15) is 4.79 Å². The van der Waals surface area contributed by atoms with E-state index in [4.69, 9.17) is 4.42 Å². The molecule has 4 rings (SSSR count). The Labute approximate surface area is 127 Å². The number of carbonyl (C=O) groups excluding carboxylic acids is 1. The summed E-state index contributed by atoms with van der Waals surface area (Å²) >= 11 is 0. The maximum Gasteiger partial charge on any atom is 0.307 e. The molecule has 2 aromatic carbocycles. The first kappa shape index (κ1) is 12.8. The minimum atomic E-state index is -0.354. The Morgan fingerprint density at radius 1 is 1.09 bits per heavy atom. The summed E-state index contributed by atoms with van der Waals surface area (Å²) in [5, 5.41) is 6.56. The quantitative estimate of drug-likeness (QED) is 0.594. The van der Waals surface area contributed by atoms with Crippen LogP contribution in [-0.4, -0.2) is 12.1 Å². The van der Waals surface area contributed by atoms with E-state index in [1.807, 2.05) is 0 Å². The van der Waals surface area contributed by atoms with Gasteiger partial charge in [-0.3, -0.25) is 4.79 Å². The van der Waals surface area contributed by atoms with Crippen molar-refractivity contribution in [1.82, 2.24) is 5.43 Å². The lowest BCUT2D eigenvalue weighted by molar-refractivity contribution is 0.0927. The zero-order chi connectivity index (χ0) is 14.9. The van der Waals surface area contributed by atoms with Crippen molar-refractivity contribution in [3.05, 3.63) is 71.2 Å². The Balaban J connectivity index is 1.63. The van der Waals surface area contributed by atoms with Gasteiger partial charge >= 0.3 is 5.91 Å². The average molecular weight is 290 g/mol. The van der Waals surface area contributed by atoms with Crippen LogP contribution < -0.4 is 5.43 Å².